The molecule has 0 aliphatic heterocycles. The van der Waals surface area contributed by atoms with Crippen molar-refractivity contribution in [3.63, 3.8) is 0 Å². The highest BCUT2D eigenvalue weighted by atomic mass is 28.4. The highest BCUT2D eigenvalue weighted by Gasteiger charge is 2.39. The normalized spacial score (nSPS) is 13.5. The molecule has 5 nitrogen and oxygen atoms in total. The largest absolute Gasteiger partial charge is 0.496 e. The smallest absolute Gasteiger partial charge is 0.330 e. The maximum absolute atomic E-state index is 11.6. The lowest BCUT2D eigenvalue weighted by Gasteiger charge is -2.39. The molecule has 0 unspecified atom stereocenters. The van der Waals surface area contributed by atoms with Crippen LogP contribution in [-0.4, -0.2) is 35.6 Å². The molecule has 0 radical (unpaired) electrons. The van der Waals surface area contributed by atoms with Gasteiger partial charge in [0.05, 0.1) is 27.4 Å². The molecule has 0 heterocycles. The Morgan fingerprint density at radius 3 is 2.06 bits per heavy atom. The van der Waals surface area contributed by atoms with Crippen LogP contribution in [0.1, 0.15) is 44.9 Å². The number of ether oxygens (including phenoxy) is 3. The highest BCUT2D eigenvalue weighted by molar-refractivity contribution is 6.74. The van der Waals surface area contributed by atoms with Gasteiger partial charge in [-0.05, 0) is 31.5 Å². The molecule has 1 atom stereocenters. The number of fused-ring (bicyclic) bond motifs is 1. The number of carbonyl (C=O) groups is 1. The van der Waals surface area contributed by atoms with Crippen LogP contribution in [0.4, 0.5) is 0 Å². The lowest BCUT2D eigenvalue weighted by Crippen LogP contribution is -2.41. The molecule has 170 valence electrons. The zero-order valence-corrected chi connectivity index (χ0v) is 21.3. The third-order valence-electron chi connectivity index (χ3n) is 6.13. The summed E-state index contributed by atoms with van der Waals surface area (Å²) in [7, 11) is 2.68. The van der Waals surface area contributed by atoms with Gasteiger partial charge in [0.25, 0.3) is 0 Å². The molecule has 0 spiro atoms. The van der Waals surface area contributed by atoms with Gasteiger partial charge in [0.15, 0.2) is 8.32 Å². The van der Waals surface area contributed by atoms with Crippen molar-refractivity contribution < 1.29 is 23.4 Å². The fourth-order valence-corrected chi connectivity index (χ4v) is 4.91. The molecule has 2 aromatic carbocycles. The van der Waals surface area contributed by atoms with E-state index in [-0.39, 0.29) is 17.1 Å². The van der Waals surface area contributed by atoms with Crippen molar-refractivity contribution in [3.8, 4) is 11.5 Å². The van der Waals surface area contributed by atoms with Crippen LogP contribution in [0.15, 0.2) is 36.4 Å². The predicted octanol–water partition coefficient (Wildman–Crippen LogP) is 6.21. The Labute approximate surface area is 187 Å². The second-order valence-electron chi connectivity index (χ2n) is 9.15. The summed E-state index contributed by atoms with van der Waals surface area (Å²) in [6, 6.07) is 8.03. The molecule has 0 aliphatic rings. The van der Waals surface area contributed by atoms with Crippen molar-refractivity contribution in [2.45, 2.75) is 58.4 Å². The molecule has 2 aromatic rings. The molecule has 31 heavy (non-hydrogen) atoms. The molecule has 2 rings (SSSR count). The molecule has 0 aliphatic carbocycles. The van der Waals surface area contributed by atoms with E-state index < -0.39 is 8.32 Å². The number of methoxy groups -OCH3 is 3. The molecule has 0 aromatic heterocycles. The number of allylic oxidation sites excluding steroid dienone is 1. The van der Waals surface area contributed by atoms with E-state index >= 15 is 0 Å². The molecule has 0 N–H and O–H groups in total. The number of esters is 1. The third-order valence-corrected chi connectivity index (χ3v) is 10.7. The number of rotatable bonds is 8. The number of carbonyl (C=O) groups excluding carboxylic acids is 1. The van der Waals surface area contributed by atoms with Crippen molar-refractivity contribution in [3.05, 3.63) is 47.5 Å². The average Bonchev–Trinajstić information content (AvgIpc) is 2.71. The Morgan fingerprint density at radius 1 is 1.03 bits per heavy atom. The van der Waals surface area contributed by atoms with Gasteiger partial charge in [-0.1, -0.05) is 51.1 Å². The minimum absolute atomic E-state index is 0.0698. The maximum Gasteiger partial charge on any atom is 0.330 e. The fourth-order valence-electron chi connectivity index (χ4n) is 3.55. The topological polar surface area (TPSA) is 54.0 Å². The first-order chi connectivity index (χ1) is 14.5. The lowest BCUT2D eigenvalue weighted by atomic mass is 9.92. The molecular formula is C25H36O5Si. The molecule has 6 heteroatoms. The van der Waals surface area contributed by atoms with E-state index in [0.717, 1.165) is 33.4 Å². The second kappa shape index (κ2) is 9.87. The zero-order valence-electron chi connectivity index (χ0n) is 20.3. The van der Waals surface area contributed by atoms with Gasteiger partial charge in [-0.15, -0.1) is 0 Å². The fraction of sp³-hybridized carbons (Fsp3) is 0.480. The minimum atomic E-state index is -2.05. The van der Waals surface area contributed by atoms with E-state index in [1.807, 2.05) is 24.3 Å². The quantitative estimate of drug-likeness (QED) is 0.275. The molecule has 0 fully saturated rings. The summed E-state index contributed by atoms with van der Waals surface area (Å²) in [5.74, 6) is 1.16. The first-order valence-corrected chi connectivity index (χ1v) is 13.5. The molecule has 0 saturated carbocycles. The van der Waals surface area contributed by atoms with Crippen LogP contribution < -0.4 is 9.47 Å². The van der Waals surface area contributed by atoms with Gasteiger partial charge >= 0.3 is 5.97 Å². The first kappa shape index (κ1) is 25.0. The maximum atomic E-state index is 11.6. The van der Waals surface area contributed by atoms with Crippen molar-refractivity contribution in [2.24, 2.45) is 0 Å². The van der Waals surface area contributed by atoms with E-state index in [4.69, 9.17) is 18.6 Å². The van der Waals surface area contributed by atoms with Crippen LogP contribution >= 0.6 is 0 Å². The van der Waals surface area contributed by atoms with Crippen LogP contribution in [-0.2, 0) is 20.4 Å². The summed E-state index contributed by atoms with van der Waals surface area (Å²) in [5.41, 5.74) is 1.90. The number of hydrogen-bond acceptors (Lipinski definition) is 5. The summed E-state index contributed by atoms with van der Waals surface area (Å²) >= 11 is 0. The van der Waals surface area contributed by atoms with Crippen molar-refractivity contribution >= 4 is 25.1 Å². The van der Waals surface area contributed by atoms with Gasteiger partial charge in [-0.25, -0.2) is 4.79 Å². The Hall–Kier alpha value is -2.31. The Bertz CT molecular complexity index is 957. The second-order valence-corrected chi connectivity index (χ2v) is 13.9. The molecule has 0 bridgehead atoms. The standard InChI is InChI=1S/C25H36O5Si/c1-17(30-31(8,9)25(2,3)4)22-20(15-12-16-21(26)27-5)23(28-6)18-13-10-11-14-19(18)24(22)29-7/h10-14,16-17H,15H2,1-9H3/b16-12+/t17-/m1/s1. The van der Waals surface area contributed by atoms with Crippen LogP contribution in [0, 0.1) is 0 Å². The SMILES string of the molecule is COC(=O)/C=C/Cc1c([C@@H](C)O[Si](C)(C)C(C)(C)C)c(OC)c2ccccc2c1OC. The summed E-state index contributed by atoms with van der Waals surface area (Å²) < 4.78 is 23.3. The summed E-state index contributed by atoms with van der Waals surface area (Å²) in [4.78, 5) is 11.6. The van der Waals surface area contributed by atoms with Gasteiger partial charge in [-0.3, -0.25) is 0 Å². The summed E-state index contributed by atoms with van der Waals surface area (Å²) in [6.07, 6.45) is 3.50. The number of hydrogen-bond donors (Lipinski definition) is 0. The van der Waals surface area contributed by atoms with E-state index in [1.165, 1.54) is 13.2 Å². The summed E-state index contributed by atoms with van der Waals surface area (Å²) in [5, 5.41) is 2.01. The minimum Gasteiger partial charge on any atom is -0.496 e. The van der Waals surface area contributed by atoms with E-state index in [2.05, 4.69) is 40.8 Å². The summed E-state index contributed by atoms with van der Waals surface area (Å²) in [6.45, 7) is 13.2. The Morgan fingerprint density at radius 2 is 1.58 bits per heavy atom. The number of benzene rings is 2. The third kappa shape index (κ3) is 5.30. The van der Waals surface area contributed by atoms with Crippen LogP contribution in [0.25, 0.3) is 10.8 Å². The van der Waals surface area contributed by atoms with Crippen LogP contribution in [0.2, 0.25) is 18.1 Å². The zero-order chi connectivity index (χ0) is 23.4. The van der Waals surface area contributed by atoms with Gasteiger partial charge < -0.3 is 18.6 Å². The molecule has 0 amide bonds. The first-order valence-electron chi connectivity index (χ1n) is 10.6. The monoisotopic (exact) mass is 444 g/mol. The van der Waals surface area contributed by atoms with Crippen molar-refractivity contribution in [1.82, 2.24) is 0 Å². The van der Waals surface area contributed by atoms with Crippen LogP contribution in [0.3, 0.4) is 0 Å². The van der Waals surface area contributed by atoms with Gasteiger partial charge in [0, 0.05) is 28.0 Å². The van der Waals surface area contributed by atoms with Gasteiger partial charge in [-0.2, -0.15) is 0 Å². The Balaban J connectivity index is 2.74. The molecular weight excluding hydrogens is 408 g/mol. The van der Waals surface area contributed by atoms with Crippen molar-refractivity contribution in [2.75, 3.05) is 21.3 Å². The predicted molar refractivity (Wildman–Crippen MR) is 129 cm³/mol. The van der Waals surface area contributed by atoms with E-state index in [9.17, 15) is 4.79 Å². The highest BCUT2D eigenvalue weighted by Crippen LogP contribution is 2.47. The van der Waals surface area contributed by atoms with Crippen molar-refractivity contribution in [1.29, 1.82) is 0 Å². The van der Waals surface area contributed by atoms with Gasteiger partial charge in [0.2, 0.25) is 0 Å². The van der Waals surface area contributed by atoms with E-state index in [0.29, 0.717) is 6.42 Å². The Kier molecular flexibility index (Phi) is 7.95. The average molecular weight is 445 g/mol. The van der Waals surface area contributed by atoms with E-state index in [1.54, 1.807) is 20.3 Å². The van der Waals surface area contributed by atoms with Gasteiger partial charge in [0.1, 0.15) is 11.5 Å². The lowest BCUT2D eigenvalue weighted by molar-refractivity contribution is -0.134. The van der Waals surface area contributed by atoms with Crippen LogP contribution in [0.5, 0.6) is 11.5 Å². The molecule has 0 saturated heterocycles.